The number of rotatable bonds is 11. The maximum absolute atomic E-state index is 13.4. The van der Waals surface area contributed by atoms with E-state index in [4.69, 9.17) is 4.74 Å². The number of sulfonamides is 1. The highest BCUT2D eigenvalue weighted by Crippen LogP contribution is 2.43. The summed E-state index contributed by atoms with van der Waals surface area (Å²) in [6.07, 6.45) is 0.637. The quantitative estimate of drug-likeness (QED) is 0.170. The Labute approximate surface area is 269 Å². The van der Waals surface area contributed by atoms with Crippen LogP contribution in [0.4, 0.5) is 4.79 Å². The van der Waals surface area contributed by atoms with Gasteiger partial charge in [-0.15, -0.1) is 0 Å². The first-order valence-corrected chi connectivity index (χ1v) is 20.5. The van der Waals surface area contributed by atoms with Gasteiger partial charge >= 0.3 is 6.09 Å². The van der Waals surface area contributed by atoms with Crippen molar-refractivity contribution >= 4 is 46.0 Å². The fourth-order valence-corrected chi connectivity index (χ4v) is 9.24. The summed E-state index contributed by atoms with van der Waals surface area (Å²) in [5, 5.41) is 11.4. The highest BCUT2D eigenvalue weighted by atomic mass is 79.9. The molecular weight excluding hydrogens is 664 g/mol. The summed E-state index contributed by atoms with van der Waals surface area (Å²) in [6.45, 7) is 12.7. The summed E-state index contributed by atoms with van der Waals surface area (Å²) in [6, 6.07) is 15.2. The zero-order valence-electron chi connectivity index (χ0n) is 26.0. The van der Waals surface area contributed by atoms with Gasteiger partial charge in [-0.2, -0.15) is 0 Å². The SMILES string of the molecule is CC(C)(C)N1C(=O)CC(c2ccc(C[C@H](NC(=O)O)c3ncc(-c4ccccc4)n3COCC[Si](C)(C)C)cc2Br)S1(=O)=O. The minimum absolute atomic E-state index is 0.141. The molecular formula is C31H41BrN4O6SSi. The maximum Gasteiger partial charge on any atom is 0.405 e. The monoisotopic (exact) mass is 704 g/mol. The summed E-state index contributed by atoms with van der Waals surface area (Å²) in [5.41, 5.74) is 2.11. The molecule has 0 aliphatic carbocycles. The van der Waals surface area contributed by atoms with Gasteiger partial charge in [0.05, 0.1) is 29.9 Å². The van der Waals surface area contributed by atoms with Crippen molar-refractivity contribution in [1.82, 2.24) is 19.2 Å². The first-order chi connectivity index (χ1) is 20.5. The van der Waals surface area contributed by atoms with E-state index in [2.05, 4.69) is 45.9 Å². The largest absolute Gasteiger partial charge is 0.465 e. The molecule has 1 unspecified atom stereocenters. The molecule has 0 bridgehead atoms. The van der Waals surface area contributed by atoms with Crippen molar-refractivity contribution in [1.29, 1.82) is 0 Å². The molecule has 3 aromatic rings. The van der Waals surface area contributed by atoms with Gasteiger partial charge in [-0.1, -0.05) is 78.0 Å². The fraction of sp³-hybridized carbons (Fsp3) is 0.452. The van der Waals surface area contributed by atoms with Crippen molar-refractivity contribution in [3.05, 3.63) is 76.2 Å². The number of halogens is 1. The average molecular weight is 706 g/mol. The second kappa shape index (κ2) is 13.2. The van der Waals surface area contributed by atoms with E-state index in [-0.39, 0.29) is 19.6 Å². The first kappa shape index (κ1) is 33.9. The smallest absolute Gasteiger partial charge is 0.405 e. The molecule has 0 radical (unpaired) electrons. The van der Waals surface area contributed by atoms with Crippen LogP contribution in [0.2, 0.25) is 25.7 Å². The number of ether oxygens (including phenoxy) is 1. The lowest BCUT2D eigenvalue weighted by Gasteiger charge is -2.31. The third kappa shape index (κ3) is 7.79. The molecule has 2 aromatic carbocycles. The van der Waals surface area contributed by atoms with Gasteiger partial charge in [0.2, 0.25) is 15.9 Å². The van der Waals surface area contributed by atoms with Gasteiger partial charge in [0.25, 0.3) is 0 Å². The lowest BCUT2D eigenvalue weighted by Crippen LogP contribution is -2.45. The summed E-state index contributed by atoms with van der Waals surface area (Å²) in [5.74, 6) is 0.0709. The number of hydrogen-bond acceptors (Lipinski definition) is 6. The second-order valence-corrected chi connectivity index (χ2v) is 21.7. The Kier molecular flexibility index (Phi) is 10.1. The molecule has 4 rings (SSSR count). The zero-order valence-corrected chi connectivity index (χ0v) is 29.4. The van der Waals surface area contributed by atoms with Crippen molar-refractivity contribution in [2.24, 2.45) is 0 Å². The van der Waals surface area contributed by atoms with Crippen molar-refractivity contribution in [2.75, 3.05) is 6.61 Å². The Morgan fingerprint density at radius 3 is 2.43 bits per heavy atom. The number of aromatic nitrogens is 2. The van der Waals surface area contributed by atoms with Gasteiger partial charge in [0.1, 0.15) is 17.8 Å². The fourth-order valence-electron chi connectivity index (χ4n) is 5.37. The van der Waals surface area contributed by atoms with E-state index in [1.165, 1.54) is 0 Å². The Hall–Kier alpha value is -3.00. The molecule has 1 aliphatic rings. The van der Waals surface area contributed by atoms with Crippen LogP contribution in [-0.2, 0) is 32.7 Å². The highest BCUT2D eigenvalue weighted by Gasteiger charge is 2.50. The van der Waals surface area contributed by atoms with Crippen molar-refractivity contribution in [2.45, 2.75) is 82.9 Å². The lowest BCUT2D eigenvalue weighted by molar-refractivity contribution is -0.128. The van der Waals surface area contributed by atoms with Crippen LogP contribution < -0.4 is 5.32 Å². The van der Waals surface area contributed by atoms with E-state index < -0.39 is 46.9 Å². The van der Waals surface area contributed by atoms with Gasteiger partial charge < -0.3 is 19.7 Å². The van der Waals surface area contributed by atoms with Crippen LogP contribution >= 0.6 is 15.9 Å². The number of nitrogens with zero attached hydrogens (tertiary/aromatic N) is 3. The molecule has 2 N–H and O–H groups in total. The van der Waals surface area contributed by atoms with E-state index in [0.29, 0.717) is 22.5 Å². The average Bonchev–Trinajstić information content (AvgIpc) is 3.43. The molecule has 13 heteroatoms. The van der Waals surface area contributed by atoms with Gasteiger partial charge in [-0.3, -0.25) is 4.79 Å². The molecule has 1 fully saturated rings. The molecule has 1 aliphatic heterocycles. The molecule has 0 saturated carbocycles. The van der Waals surface area contributed by atoms with E-state index in [9.17, 15) is 23.1 Å². The predicted molar refractivity (Wildman–Crippen MR) is 176 cm³/mol. The predicted octanol–water partition coefficient (Wildman–Crippen LogP) is 6.58. The van der Waals surface area contributed by atoms with Crippen LogP contribution in [0.1, 0.15) is 55.4 Å². The minimum Gasteiger partial charge on any atom is -0.465 e. The van der Waals surface area contributed by atoms with Crippen LogP contribution in [0.25, 0.3) is 11.3 Å². The van der Waals surface area contributed by atoms with E-state index in [1.807, 2.05) is 34.9 Å². The number of benzene rings is 2. The van der Waals surface area contributed by atoms with E-state index in [0.717, 1.165) is 27.2 Å². The summed E-state index contributed by atoms with van der Waals surface area (Å²) in [4.78, 5) is 29.3. The zero-order chi connectivity index (χ0) is 32.4. The van der Waals surface area contributed by atoms with Gasteiger partial charge in [-0.05, 0) is 49.6 Å². The van der Waals surface area contributed by atoms with Gasteiger partial charge in [0, 0.05) is 25.6 Å². The number of imidazole rings is 1. The van der Waals surface area contributed by atoms with Crippen LogP contribution in [-0.4, -0.2) is 59.6 Å². The topological polar surface area (TPSA) is 131 Å². The Balaban J connectivity index is 1.65. The molecule has 2 heterocycles. The second-order valence-electron chi connectivity index (χ2n) is 13.3. The minimum atomic E-state index is -3.92. The third-order valence-corrected chi connectivity index (χ3v) is 12.2. The Morgan fingerprint density at radius 2 is 1.86 bits per heavy atom. The number of hydrogen-bond donors (Lipinski definition) is 2. The van der Waals surface area contributed by atoms with Crippen LogP contribution in [0, 0.1) is 0 Å². The molecule has 10 nitrogen and oxygen atoms in total. The van der Waals surface area contributed by atoms with E-state index >= 15 is 0 Å². The number of nitrogens with one attached hydrogen (secondary N) is 1. The number of carboxylic acid groups (broad SMARTS) is 1. The normalized spacial score (nSPS) is 17.6. The number of amides is 2. The van der Waals surface area contributed by atoms with Crippen LogP contribution in [0.3, 0.4) is 0 Å². The lowest BCUT2D eigenvalue weighted by atomic mass is 10.0. The molecule has 1 saturated heterocycles. The summed E-state index contributed by atoms with van der Waals surface area (Å²) in [7, 11) is -5.23. The van der Waals surface area contributed by atoms with Crippen molar-refractivity contribution in [3.63, 3.8) is 0 Å². The summed E-state index contributed by atoms with van der Waals surface area (Å²) >= 11 is 3.53. The molecule has 238 valence electrons. The third-order valence-electron chi connectivity index (χ3n) is 7.44. The standard InChI is InChI=1S/C31H41BrN4O6SSi/c1-31(2,3)36-28(37)18-27(43(36,40)41)23-13-12-21(16-24(23)32)17-25(34-30(38)39)29-33-19-26(22-10-8-7-9-11-22)35(29)20-42-14-15-44(4,5)6/h7-13,16,19,25,27,34H,14-15,17-18,20H2,1-6H3,(H,38,39)/t25-,27?/m0/s1. The van der Waals surface area contributed by atoms with Crippen molar-refractivity contribution in [3.8, 4) is 11.3 Å². The Morgan fingerprint density at radius 1 is 1.18 bits per heavy atom. The maximum atomic E-state index is 13.4. The molecule has 0 spiro atoms. The van der Waals surface area contributed by atoms with Crippen molar-refractivity contribution < 1.29 is 27.9 Å². The van der Waals surface area contributed by atoms with Gasteiger partial charge in [0.15, 0.2) is 0 Å². The van der Waals surface area contributed by atoms with Crippen LogP contribution in [0.15, 0.2) is 59.2 Å². The number of carbonyl (C=O) groups is 2. The molecule has 2 amide bonds. The molecule has 1 aromatic heterocycles. The highest BCUT2D eigenvalue weighted by molar-refractivity contribution is 9.10. The van der Waals surface area contributed by atoms with E-state index in [1.54, 1.807) is 45.2 Å². The van der Waals surface area contributed by atoms with Gasteiger partial charge in [-0.25, -0.2) is 22.5 Å². The summed E-state index contributed by atoms with van der Waals surface area (Å²) < 4.78 is 36.3. The Bertz CT molecular complexity index is 1620. The molecule has 2 atom stereocenters. The number of carbonyl (C=O) groups excluding carboxylic acids is 1. The van der Waals surface area contributed by atoms with Crippen LogP contribution in [0.5, 0.6) is 0 Å². The first-order valence-electron chi connectivity index (χ1n) is 14.5. The molecule has 44 heavy (non-hydrogen) atoms.